The van der Waals surface area contributed by atoms with Crippen LogP contribution in [0, 0.1) is 5.92 Å². The molecule has 1 aromatic heterocycles. The van der Waals surface area contributed by atoms with E-state index in [0.29, 0.717) is 37.7 Å². The molecule has 1 unspecified atom stereocenters. The maximum absolute atomic E-state index is 13.5. The molecule has 2 N–H and O–H groups in total. The summed E-state index contributed by atoms with van der Waals surface area (Å²) in [5, 5.41) is 6.34. The molecule has 1 atom stereocenters. The standard InChI is InChI=1S/C28H31N5O3/c1-32-10-12-33(13-11-32)28(35)23-15-22(16-25(17-23)30-24-5-3-2-4-6-24)20-7-9-29-26(18-20)31-27(34)21-8-14-36-19-21/h2-7,9,15-18,21,30H,8,10-14,19H2,1H3,(H,29,31,34). The molecular weight excluding hydrogens is 454 g/mol. The number of likely N-dealkylation sites (N-methyl/N-ethyl adjacent to an activating group) is 1. The molecule has 2 aliphatic heterocycles. The largest absolute Gasteiger partial charge is 0.381 e. The molecule has 0 aliphatic carbocycles. The van der Waals surface area contributed by atoms with E-state index in [2.05, 4.69) is 27.6 Å². The molecule has 186 valence electrons. The van der Waals surface area contributed by atoms with Gasteiger partial charge in [0.2, 0.25) is 5.91 Å². The van der Waals surface area contributed by atoms with Crippen LogP contribution in [0.15, 0.2) is 66.9 Å². The second-order valence-corrected chi connectivity index (χ2v) is 9.37. The molecule has 2 amide bonds. The molecular formula is C28H31N5O3. The molecule has 2 saturated heterocycles. The zero-order valence-electron chi connectivity index (χ0n) is 20.4. The van der Waals surface area contributed by atoms with Crippen molar-refractivity contribution in [2.75, 3.05) is 57.1 Å². The molecule has 8 heteroatoms. The zero-order chi connectivity index (χ0) is 24.9. The van der Waals surface area contributed by atoms with Crippen LogP contribution in [0.5, 0.6) is 0 Å². The molecule has 3 aromatic rings. The molecule has 5 rings (SSSR count). The summed E-state index contributed by atoms with van der Waals surface area (Å²) in [7, 11) is 2.07. The number of benzene rings is 2. The fourth-order valence-corrected chi connectivity index (χ4v) is 4.52. The lowest BCUT2D eigenvalue weighted by atomic mass is 10.0. The Hall–Kier alpha value is -3.75. The number of aromatic nitrogens is 1. The Labute approximate surface area is 211 Å². The maximum atomic E-state index is 13.5. The molecule has 0 saturated carbocycles. The van der Waals surface area contributed by atoms with Gasteiger partial charge in [0.1, 0.15) is 5.82 Å². The molecule has 3 heterocycles. The Balaban J connectivity index is 1.44. The van der Waals surface area contributed by atoms with E-state index in [-0.39, 0.29) is 17.7 Å². The lowest BCUT2D eigenvalue weighted by Crippen LogP contribution is -2.47. The lowest BCUT2D eigenvalue weighted by molar-refractivity contribution is -0.119. The number of hydrogen-bond acceptors (Lipinski definition) is 6. The number of nitrogens with one attached hydrogen (secondary N) is 2. The van der Waals surface area contributed by atoms with Gasteiger partial charge in [-0.2, -0.15) is 0 Å². The van der Waals surface area contributed by atoms with Crippen LogP contribution >= 0.6 is 0 Å². The van der Waals surface area contributed by atoms with Gasteiger partial charge in [-0.1, -0.05) is 18.2 Å². The monoisotopic (exact) mass is 485 g/mol. The van der Waals surface area contributed by atoms with Crippen molar-refractivity contribution in [1.29, 1.82) is 0 Å². The minimum Gasteiger partial charge on any atom is -0.381 e. The van der Waals surface area contributed by atoms with Crippen LogP contribution in [0.3, 0.4) is 0 Å². The van der Waals surface area contributed by atoms with Crippen molar-refractivity contribution in [2.45, 2.75) is 6.42 Å². The minimum atomic E-state index is -0.151. The number of carbonyl (C=O) groups excluding carboxylic acids is 2. The molecule has 36 heavy (non-hydrogen) atoms. The van der Waals surface area contributed by atoms with E-state index >= 15 is 0 Å². The summed E-state index contributed by atoms with van der Waals surface area (Å²) >= 11 is 0. The third-order valence-electron chi connectivity index (χ3n) is 6.68. The highest BCUT2D eigenvalue weighted by Gasteiger charge is 2.24. The van der Waals surface area contributed by atoms with Crippen molar-refractivity contribution in [1.82, 2.24) is 14.8 Å². The summed E-state index contributed by atoms with van der Waals surface area (Å²) in [4.78, 5) is 34.5. The highest BCUT2D eigenvalue weighted by atomic mass is 16.5. The number of piperazine rings is 1. The van der Waals surface area contributed by atoms with Crippen molar-refractivity contribution in [3.8, 4) is 11.1 Å². The molecule has 8 nitrogen and oxygen atoms in total. The number of nitrogens with zero attached hydrogens (tertiary/aromatic N) is 3. The predicted octanol–water partition coefficient (Wildman–Crippen LogP) is 3.85. The topological polar surface area (TPSA) is 86.8 Å². The maximum Gasteiger partial charge on any atom is 0.254 e. The molecule has 2 aliphatic rings. The smallest absolute Gasteiger partial charge is 0.254 e. The van der Waals surface area contributed by atoms with Crippen LogP contribution < -0.4 is 10.6 Å². The SMILES string of the molecule is CN1CCN(C(=O)c2cc(Nc3ccccc3)cc(-c3ccnc(NC(=O)C4CCOC4)c3)c2)CC1. The Morgan fingerprint density at radius 3 is 2.50 bits per heavy atom. The molecule has 0 spiro atoms. The number of hydrogen-bond donors (Lipinski definition) is 2. The van der Waals surface area contributed by atoms with E-state index in [1.807, 2.05) is 65.6 Å². The van der Waals surface area contributed by atoms with Gasteiger partial charge in [0, 0.05) is 55.9 Å². The summed E-state index contributed by atoms with van der Waals surface area (Å²) in [6.45, 7) is 4.18. The van der Waals surface area contributed by atoms with Gasteiger partial charge in [0.05, 0.1) is 12.5 Å². The zero-order valence-corrected chi connectivity index (χ0v) is 20.4. The Morgan fingerprint density at radius 1 is 0.944 bits per heavy atom. The highest BCUT2D eigenvalue weighted by molar-refractivity contribution is 5.97. The van der Waals surface area contributed by atoms with Crippen LogP contribution in [-0.4, -0.2) is 73.0 Å². The molecule has 0 bridgehead atoms. The first-order valence-corrected chi connectivity index (χ1v) is 12.4. The molecule has 2 aromatic carbocycles. The average molecular weight is 486 g/mol. The van der Waals surface area contributed by atoms with Gasteiger partial charge in [0.15, 0.2) is 0 Å². The van der Waals surface area contributed by atoms with Crippen LogP contribution in [0.4, 0.5) is 17.2 Å². The van der Waals surface area contributed by atoms with Crippen LogP contribution in [0.2, 0.25) is 0 Å². The Kier molecular flexibility index (Phi) is 7.25. The number of para-hydroxylation sites is 1. The fraction of sp³-hybridized carbons (Fsp3) is 0.321. The lowest BCUT2D eigenvalue weighted by Gasteiger charge is -2.32. The van der Waals surface area contributed by atoms with Gasteiger partial charge < -0.3 is 25.2 Å². The first-order chi connectivity index (χ1) is 17.5. The van der Waals surface area contributed by atoms with E-state index in [0.717, 1.165) is 42.0 Å². The third kappa shape index (κ3) is 5.72. The first-order valence-electron chi connectivity index (χ1n) is 12.4. The number of anilines is 3. The van der Waals surface area contributed by atoms with Crippen molar-refractivity contribution >= 4 is 29.0 Å². The normalized spacial score (nSPS) is 18.1. The summed E-state index contributed by atoms with van der Waals surface area (Å²) in [5.74, 6) is 0.270. The van der Waals surface area contributed by atoms with Gasteiger partial charge in [-0.05, 0) is 67.1 Å². The minimum absolute atomic E-state index is 0.0184. The van der Waals surface area contributed by atoms with E-state index in [9.17, 15) is 9.59 Å². The van der Waals surface area contributed by atoms with Crippen molar-refractivity contribution in [3.05, 3.63) is 72.4 Å². The van der Waals surface area contributed by atoms with Crippen LogP contribution in [-0.2, 0) is 9.53 Å². The molecule has 2 fully saturated rings. The fourth-order valence-electron chi connectivity index (χ4n) is 4.52. The van der Waals surface area contributed by atoms with Crippen LogP contribution in [0.25, 0.3) is 11.1 Å². The van der Waals surface area contributed by atoms with Crippen molar-refractivity contribution in [3.63, 3.8) is 0 Å². The van der Waals surface area contributed by atoms with Gasteiger partial charge in [-0.15, -0.1) is 0 Å². The summed E-state index contributed by atoms with van der Waals surface area (Å²) in [6, 6.07) is 19.4. The van der Waals surface area contributed by atoms with E-state index in [1.54, 1.807) is 6.20 Å². The van der Waals surface area contributed by atoms with E-state index in [1.165, 1.54) is 0 Å². The van der Waals surface area contributed by atoms with Crippen molar-refractivity contribution in [2.24, 2.45) is 5.92 Å². The van der Waals surface area contributed by atoms with Crippen LogP contribution in [0.1, 0.15) is 16.8 Å². The number of rotatable bonds is 6. The third-order valence-corrected chi connectivity index (χ3v) is 6.68. The van der Waals surface area contributed by atoms with E-state index in [4.69, 9.17) is 4.74 Å². The number of carbonyl (C=O) groups is 2. The second-order valence-electron chi connectivity index (χ2n) is 9.37. The summed E-state index contributed by atoms with van der Waals surface area (Å²) < 4.78 is 5.34. The summed E-state index contributed by atoms with van der Waals surface area (Å²) in [6.07, 6.45) is 2.39. The second kappa shape index (κ2) is 10.9. The predicted molar refractivity (Wildman–Crippen MR) is 140 cm³/mol. The highest BCUT2D eigenvalue weighted by Crippen LogP contribution is 2.29. The van der Waals surface area contributed by atoms with Gasteiger partial charge in [-0.3, -0.25) is 9.59 Å². The van der Waals surface area contributed by atoms with Gasteiger partial charge in [-0.25, -0.2) is 4.98 Å². The Bertz CT molecular complexity index is 1220. The first kappa shape index (κ1) is 24.0. The Morgan fingerprint density at radius 2 is 1.75 bits per heavy atom. The van der Waals surface area contributed by atoms with Crippen molar-refractivity contribution < 1.29 is 14.3 Å². The average Bonchev–Trinajstić information content (AvgIpc) is 3.45. The number of pyridine rings is 1. The number of ether oxygens (including phenoxy) is 1. The molecule has 0 radical (unpaired) electrons. The summed E-state index contributed by atoms with van der Waals surface area (Å²) in [5.41, 5.74) is 4.12. The number of amides is 2. The van der Waals surface area contributed by atoms with E-state index < -0.39 is 0 Å². The quantitative estimate of drug-likeness (QED) is 0.552. The van der Waals surface area contributed by atoms with Gasteiger partial charge in [0.25, 0.3) is 5.91 Å². The van der Waals surface area contributed by atoms with Gasteiger partial charge >= 0.3 is 0 Å².